The van der Waals surface area contributed by atoms with Crippen molar-refractivity contribution in [1.82, 2.24) is 9.97 Å². The lowest BCUT2D eigenvalue weighted by Gasteiger charge is -2.09. The number of benzene rings is 2. The highest BCUT2D eigenvalue weighted by Gasteiger charge is 2.33. The average Bonchev–Trinajstić information content (AvgIpc) is 2.88. The lowest BCUT2D eigenvalue weighted by Crippen LogP contribution is -2.05. The predicted molar refractivity (Wildman–Crippen MR) is 81.5 cm³/mol. The summed E-state index contributed by atoms with van der Waals surface area (Å²) in [7, 11) is 0. The number of hydrogen-bond acceptors (Lipinski definition) is 1. The number of aromatic nitrogens is 2. The van der Waals surface area contributed by atoms with Gasteiger partial charge < -0.3 is 4.98 Å². The first-order valence-electron chi connectivity index (χ1n) is 6.43. The number of aromatic amines is 1. The van der Waals surface area contributed by atoms with Crippen LogP contribution in [0.3, 0.4) is 0 Å². The van der Waals surface area contributed by atoms with Crippen LogP contribution in [0.15, 0.2) is 42.5 Å². The van der Waals surface area contributed by atoms with Gasteiger partial charge in [0.05, 0.1) is 21.6 Å². The highest BCUT2D eigenvalue weighted by atomic mass is 35.5. The van der Waals surface area contributed by atoms with E-state index in [4.69, 9.17) is 11.6 Å². The van der Waals surface area contributed by atoms with Crippen molar-refractivity contribution in [1.29, 1.82) is 0 Å². The van der Waals surface area contributed by atoms with Gasteiger partial charge in [-0.15, -0.1) is 0 Å². The van der Waals surface area contributed by atoms with Crippen LogP contribution in [0.1, 0.15) is 17.0 Å². The molecule has 1 aromatic heterocycles. The van der Waals surface area contributed by atoms with Crippen molar-refractivity contribution in [3.05, 3.63) is 64.4 Å². The number of hydrogen-bond donors (Lipinski definition) is 1. The number of H-pyrrole nitrogens is 1. The summed E-state index contributed by atoms with van der Waals surface area (Å²) in [5.74, 6) is 0.574. The van der Waals surface area contributed by atoms with Gasteiger partial charge in [0.15, 0.2) is 0 Å². The van der Waals surface area contributed by atoms with E-state index in [2.05, 4.69) is 9.97 Å². The van der Waals surface area contributed by atoms with Crippen molar-refractivity contribution >= 4 is 34.8 Å². The second-order valence-corrected chi connectivity index (χ2v) is 5.12. The van der Waals surface area contributed by atoms with Crippen LogP contribution in [0.2, 0.25) is 5.02 Å². The van der Waals surface area contributed by atoms with E-state index in [-0.39, 0.29) is 5.02 Å². The molecule has 6 heteroatoms. The molecule has 3 aromatic rings. The van der Waals surface area contributed by atoms with Crippen LogP contribution in [0.5, 0.6) is 0 Å². The van der Waals surface area contributed by atoms with Crippen molar-refractivity contribution in [3.63, 3.8) is 0 Å². The van der Waals surface area contributed by atoms with Gasteiger partial charge in [-0.25, -0.2) is 4.98 Å². The number of alkyl halides is 3. The van der Waals surface area contributed by atoms with Crippen LogP contribution in [-0.4, -0.2) is 9.97 Å². The third-order valence-electron chi connectivity index (χ3n) is 3.14. The first-order chi connectivity index (χ1) is 10.4. The summed E-state index contributed by atoms with van der Waals surface area (Å²) < 4.78 is 38.4. The Bertz CT molecular complexity index is 817. The highest BCUT2D eigenvalue weighted by Crippen LogP contribution is 2.35. The van der Waals surface area contributed by atoms with Gasteiger partial charge in [-0.1, -0.05) is 35.9 Å². The molecule has 3 rings (SSSR count). The molecule has 0 spiro atoms. The van der Waals surface area contributed by atoms with Gasteiger partial charge in [0.1, 0.15) is 5.82 Å². The van der Waals surface area contributed by atoms with E-state index in [0.717, 1.165) is 17.1 Å². The Kier molecular flexibility index (Phi) is 3.66. The van der Waals surface area contributed by atoms with Gasteiger partial charge in [-0.3, -0.25) is 0 Å². The third kappa shape index (κ3) is 2.99. The van der Waals surface area contributed by atoms with Crippen LogP contribution in [-0.2, 0) is 6.18 Å². The fourth-order valence-corrected chi connectivity index (χ4v) is 2.32. The zero-order chi connectivity index (χ0) is 15.7. The molecule has 0 aliphatic carbocycles. The maximum Gasteiger partial charge on any atom is 0.417 e. The summed E-state index contributed by atoms with van der Waals surface area (Å²) in [5, 5.41) is -0.312. The van der Waals surface area contributed by atoms with Crippen LogP contribution < -0.4 is 0 Å². The van der Waals surface area contributed by atoms with Crippen LogP contribution in [0, 0.1) is 0 Å². The maximum absolute atomic E-state index is 12.8. The molecule has 22 heavy (non-hydrogen) atoms. The highest BCUT2D eigenvalue weighted by molar-refractivity contribution is 6.31. The van der Waals surface area contributed by atoms with Crippen LogP contribution in [0.25, 0.3) is 23.2 Å². The summed E-state index contributed by atoms with van der Waals surface area (Å²) in [6.07, 6.45) is -1.28. The van der Waals surface area contributed by atoms with E-state index < -0.39 is 11.7 Å². The van der Waals surface area contributed by atoms with Gasteiger partial charge in [-0.05, 0) is 35.9 Å². The zero-order valence-electron chi connectivity index (χ0n) is 11.2. The Balaban J connectivity index is 1.92. The van der Waals surface area contributed by atoms with Crippen molar-refractivity contribution in [2.45, 2.75) is 6.18 Å². The molecule has 1 N–H and O–H groups in total. The summed E-state index contributed by atoms with van der Waals surface area (Å²) in [4.78, 5) is 7.40. The molecule has 2 nitrogen and oxygen atoms in total. The molecule has 0 radical (unpaired) electrons. The Morgan fingerprint density at radius 2 is 1.82 bits per heavy atom. The molecule has 2 aromatic carbocycles. The van der Waals surface area contributed by atoms with Crippen LogP contribution in [0.4, 0.5) is 13.2 Å². The molecule has 0 amide bonds. The van der Waals surface area contributed by atoms with Gasteiger partial charge in [-0.2, -0.15) is 13.2 Å². The number of fused-ring (bicyclic) bond motifs is 1. The number of imidazole rings is 1. The van der Waals surface area contributed by atoms with E-state index in [1.54, 1.807) is 12.2 Å². The standard InChI is InChI=1S/C16H10ClF3N2/c17-12-7-5-10(9-11(12)16(18,19)20)6-8-15-21-13-3-1-2-4-14(13)22-15/h1-9H,(H,21,22). The third-order valence-corrected chi connectivity index (χ3v) is 3.47. The number of para-hydroxylation sites is 2. The van der Waals surface area contributed by atoms with Gasteiger partial charge in [0.2, 0.25) is 0 Å². The zero-order valence-corrected chi connectivity index (χ0v) is 11.9. The minimum absolute atomic E-state index is 0.312. The first-order valence-corrected chi connectivity index (χ1v) is 6.81. The SMILES string of the molecule is FC(F)(F)c1cc(C=Cc2nc3ccccc3[nH]2)ccc1Cl. The predicted octanol–water partition coefficient (Wildman–Crippen LogP) is 5.41. The lowest BCUT2D eigenvalue weighted by molar-refractivity contribution is -0.137. The quantitative estimate of drug-likeness (QED) is 0.672. The van der Waals surface area contributed by atoms with E-state index in [1.165, 1.54) is 12.1 Å². The van der Waals surface area contributed by atoms with Gasteiger partial charge in [0.25, 0.3) is 0 Å². The van der Waals surface area contributed by atoms with E-state index >= 15 is 0 Å². The maximum atomic E-state index is 12.8. The van der Waals surface area contributed by atoms with Crippen molar-refractivity contribution < 1.29 is 13.2 Å². The second kappa shape index (κ2) is 5.50. The van der Waals surface area contributed by atoms with E-state index in [9.17, 15) is 13.2 Å². The number of nitrogens with zero attached hydrogens (tertiary/aromatic N) is 1. The van der Waals surface area contributed by atoms with Crippen molar-refractivity contribution in [3.8, 4) is 0 Å². The molecule has 0 bridgehead atoms. The molecule has 0 atom stereocenters. The van der Waals surface area contributed by atoms with Gasteiger partial charge >= 0.3 is 6.18 Å². The number of halogens is 4. The Morgan fingerprint density at radius 3 is 2.55 bits per heavy atom. The first kappa shape index (κ1) is 14.7. The van der Waals surface area contributed by atoms with E-state index in [1.807, 2.05) is 24.3 Å². The monoisotopic (exact) mass is 322 g/mol. The average molecular weight is 323 g/mol. The molecule has 0 aliphatic rings. The topological polar surface area (TPSA) is 28.7 Å². The summed E-state index contributed by atoms with van der Waals surface area (Å²) in [6, 6.07) is 11.3. The van der Waals surface area contributed by atoms with E-state index in [0.29, 0.717) is 11.4 Å². The molecule has 0 saturated carbocycles. The second-order valence-electron chi connectivity index (χ2n) is 4.71. The molecule has 0 unspecified atom stereocenters. The van der Waals surface area contributed by atoms with Crippen molar-refractivity contribution in [2.24, 2.45) is 0 Å². The Morgan fingerprint density at radius 1 is 1.05 bits per heavy atom. The normalized spacial score (nSPS) is 12.4. The minimum atomic E-state index is -4.47. The van der Waals surface area contributed by atoms with Gasteiger partial charge in [0, 0.05) is 0 Å². The van der Waals surface area contributed by atoms with Crippen molar-refractivity contribution in [2.75, 3.05) is 0 Å². The summed E-state index contributed by atoms with van der Waals surface area (Å²) in [5.41, 5.74) is 1.22. The largest absolute Gasteiger partial charge is 0.417 e. The van der Waals surface area contributed by atoms with Crippen LogP contribution >= 0.6 is 11.6 Å². The lowest BCUT2D eigenvalue weighted by atomic mass is 10.1. The molecular weight excluding hydrogens is 313 g/mol. The Labute approximate surface area is 129 Å². The fourth-order valence-electron chi connectivity index (χ4n) is 2.09. The molecular formula is C16H10ClF3N2. The molecule has 0 fully saturated rings. The number of nitrogens with one attached hydrogen (secondary N) is 1. The summed E-state index contributed by atoms with van der Waals surface area (Å²) >= 11 is 5.59. The molecule has 0 aliphatic heterocycles. The number of rotatable bonds is 2. The molecule has 1 heterocycles. The minimum Gasteiger partial charge on any atom is -0.338 e. The fraction of sp³-hybridized carbons (Fsp3) is 0.0625. The Hall–Kier alpha value is -2.27. The molecule has 0 saturated heterocycles. The molecule has 112 valence electrons. The summed E-state index contributed by atoms with van der Waals surface area (Å²) in [6.45, 7) is 0. The smallest absolute Gasteiger partial charge is 0.338 e.